The number of nitrogens with one attached hydrogen (secondary N) is 1. The van der Waals surface area contributed by atoms with Crippen molar-refractivity contribution < 1.29 is 4.74 Å². The van der Waals surface area contributed by atoms with E-state index in [1.165, 1.54) is 19.3 Å². The largest absolute Gasteiger partial charge is 0.381 e. The van der Waals surface area contributed by atoms with E-state index < -0.39 is 0 Å². The molecule has 2 nitrogen and oxygen atoms in total. The molecule has 1 N–H and O–H groups in total. The van der Waals surface area contributed by atoms with Gasteiger partial charge >= 0.3 is 0 Å². The Kier molecular flexibility index (Phi) is 1.44. The van der Waals surface area contributed by atoms with Gasteiger partial charge in [-0.05, 0) is 19.3 Å². The Morgan fingerprint density at radius 3 is 2.22 bits per heavy atom. The summed E-state index contributed by atoms with van der Waals surface area (Å²) in [4.78, 5) is 0. The minimum atomic E-state index is 0.787. The van der Waals surface area contributed by atoms with Crippen molar-refractivity contribution >= 4 is 0 Å². The summed E-state index contributed by atoms with van der Waals surface area (Å²) in [5.41, 5.74) is 0. The molecule has 3 saturated heterocycles. The van der Waals surface area contributed by atoms with Crippen LogP contribution in [0.1, 0.15) is 19.3 Å². The Balaban J connectivity index is 1.85. The van der Waals surface area contributed by atoms with Crippen LogP contribution in [-0.2, 0) is 4.74 Å². The average molecular weight is 127 g/mol. The van der Waals surface area contributed by atoms with Gasteiger partial charge in [-0.3, -0.25) is 0 Å². The summed E-state index contributed by atoms with van der Waals surface area (Å²) in [5, 5.41) is 3.50. The molecule has 3 heterocycles. The third-order valence-corrected chi connectivity index (χ3v) is 2.26. The van der Waals surface area contributed by atoms with Crippen LogP contribution in [0.3, 0.4) is 0 Å². The molecule has 0 aromatic heterocycles. The second-order valence-electron chi connectivity index (χ2n) is 2.99. The summed E-state index contributed by atoms with van der Waals surface area (Å²) in [7, 11) is 0. The third kappa shape index (κ3) is 1.10. The third-order valence-electron chi connectivity index (χ3n) is 2.26. The van der Waals surface area contributed by atoms with Crippen LogP contribution in [0.15, 0.2) is 0 Å². The van der Waals surface area contributed by atoms with Crippen LogP contribution in [0.5, 0.6) is 0 Å². The van der Waals surface area contributed by atoms with Crippen molar-refractivity contribution in [2.24, 2.45) is 0 Å². The highest BCUT2D eigenvalue weighted by atomic mass is 16.5. The van der Waals surface area contributed by atoms with Crippen LogP contribution >= 0.6 is 0 Å². The van der Waals surface area contributed by atoms with Crippen LogP contribution in [0.25, 0.3) is 0 Å². The first-order valence-electron chi connectivity index (χ1n) is 3.79. The molecule has 2 unspecified atom stereocenters. The molecule has 2 heteroatoms. The molecule has 2 atom stereocenters. The average Bonchev–Trinajstić information content (AvgIpc) is 1.54. The van der Waals surface area contributed by atoms with Gasteiger partial charge in [-0.2, -0.15) is 0 Å². The van der Waals surface area contributed by atoms with Gasteiger partial charge in [0, 0.05) is 25.3 Å². The summed E-state index contributed by atoms with van der Waals surface area (Å²) in [6, 6.07) is 1.57. The van der Waals surface area contributed by atoms with Gasteiger partial charge < -0.3 is 10.1 Å². The van der Waals surface area contributed by atoms with E-state index in [0.717, 1.165) is 25.3 Å². The standard InChI is InChI=1S/C7H13NO/c1-3-9-4-2-7-5-6(1)8-7/h6-8H,1-5H2. The van der Waals surface area contributed by atoms with E-state index in [2.05, 4.69) is 5.32 Å². The Hall–Kier alpha value is -0.0800. The minimum Gasteiger partial charge on any atom is -0.381 e. The molecule has 3 fully saturated rings. The first-order valence-corrected chi connectivity index (χ1v) is 3.79. The Bertz CT molecular complexity index is 83.6. The molecule has 2 bridgehead atoms. The Labute approximate surface area is 55.6 Å². The van der Waals surface area contributed by atoms with Gasteiger partial charge in [-0.15, -0.1) is 0 Å². The maximum Gasteiger partial charge on any atom is 0.0480 e. The van der Waals surface area contributed by atoms with Crippen LogP contribution in [0, 0.1) is 0 Å². The second kappa shape index (κ2) is 2.27. The highest BCUT2D eigenvalue weighted by Gasteiger charge is 2.28. The summed E-state index contributed by atoms with van der Waals surface area (Å²) in [6.45, 7) is 1.93. The molecular weight excluding hydrogens is 114 g/mol. The summed E-state index contributed by atoms with van der Waals surface area (Å²) >= 11 is 0. The zero-order valence-corrected chi connectivity index (χ0v) is 5.60. The van der Waals surface area contributed by atoms with E-state index in [0.29, 0.717) is 0 Å². The number of ether oxygens (including phenoxy) is 1. The van der Waals surface area contributed by atoms with Gasteiger partial charge in [0.25, 0.3) is 0 Å². The zero-order valence-electron chi connectivity index (χ0n) is 5.60. The zero-order chi connectivity index (χ0) is 6.10. The number of rotatable bonds is 0. The van der Waals surface area contributed by atoms with E-state index in [1.54, 1.807) is 0 Å². The van der Waals surface area contributed by atoms with Gasteiger partial charge in [-0.1, -0.05) is 0 Å². The van der Waals surface area contributed by atoms with Gasteiger partial charge in [0.05, 0.1) is 0 Å². The molecule has 3 rings (SSSR count). The van der Waals surface area contributed by atoms with Crippen molar-refractivity contribution in [2.45, 2.75) is 31.3 Å². The van der Waals surface area contributed by atoms with E-state index in [1.807, 2.05) is 0 Å². The molecule has 0 spiro atoms. The molecule has 0 amide bonds. The van der Waals surface area contributed by atoms with Crippen LogP contribution < -0.4 is 5.32 Å². The van der Waals surface area contributed by atoms with Crippen LogP contribution in [0.4, 0.5) is 0 Å². The van der Waals surface area contributed by atoms with Gasteiger partial charge in [0.1, 0.15) is 0 Å². The lowest BCUT2D eigenvalue weighted by atomic mass is 9.92. The normalized spacial score (nSPS) is 42.7. The lowest BCUT2D eigenvalue weighted by Crippen LogP contribution is -2.54. The van der Waals surface area contributed by atoms with Gasteiger partial charge in [0.2, 0.25) is 0 Å². The molecule has 9 heavy (non-hydrogen) atoms. The lowest BCUT2D eigenvalue weighted by Gasteiger charge is -2.39. The minimum absolute atomic E-state index is 0.787. The summed E-state index contributed by atoms with van der Waals surface area (Å²) < 4.78 is 5.34. The highest BCUT2D eigenvalue weighted by Crippen LogP contribution is 2.19. The molecule has 3 aliphatic rings. The predicted octanol–water partition coefficient (Wildman–Crippen LogP) is 0.527. The van der Waals surface area contributed by atoms with E-state index in [9.17, 15) is 0 Å². The summed E-state index contributed by atoms with van der Waals surface area (Å²) in [6.07, 6.45) is 3.83. The monoisotopic (exact) mass is 127 g/mol. The number of fused-ring (bicyclic) bond motifs is 4. The fraction of sp³-hybridized carbons (Fsp3) is 1.00. The molecular formula is C7H13NO. The van der Waals surface area contributed by atoms with Crippen molar-refractivity contribution in [1.82, 2.24) is 5.32 Å². The topological polar surface area (TPSA) is 21.3 Å². The lowest BCUT2D eigenvalue weighted by molar-refractivity contribution is 0.0600. The maximum atomic E-state index is 5.34. The molecule has 0 aromatic rings. The maximum absolute atomic E-state index is 5.34. The fourth-order valence-electron chi connectivity index (χ4n) is 1.61. The first kappa shape index (κ1) is 5.69. The van der Waals surface area contributed by atoms with Crippen molar-refractivity contribution in [1.29, 1.82) is 0 Å². The van der Waals surface area contributed by atoms with Crippen molar-refractivity contribution in [3.63, 3.8) is 0 Å². The second-order valence-corrected chi connectivity index (χ2v) is 2.99. The van der Waals surface area contributed by atoms with Crippen molar-refractivity contribution in [2.75, 3.05) is 13.2 Å². The van der Waals surface area contributed by atoms with Crippen LogP contribution in [-0.4, -0.2) is 25.3 Å². The molecule has 0 saturated carbocycles. The molecule has 3 aliphatic heterocycles. The smallest absolute Gasteiger partial charge is 0.0480 e. The molecule has 0 aromatic carbocycles. The molecule has 0 radical (unpaired) electrons. The SMILES string of the molecule is C1CC2CC(CCO1)N2. The van der Waals surface area contributed by atoms with Crippen LogP contribution in [0.2, 0.25) is 0 Å². The van der Waals surface area contributed by atoms with Gasteiger partial charge in [0.15, 0.2) is 0 Å². The van der Waals surface area contributed by atoms with E-state index in [4.69, 9.17) is 4.74 Å². The van der Waals surface area contributed by atoms with E-state index in [-0.39, 0.29) is 0 Å². The van der Waals surface area contributed by atoms with Gasteiger partial charge in [-0.25, -0.2) is 0 Å². The quantitative estimate of drug-likeness (QED) is 0.512. The number of hydrogen-bond donors (Lipinski definition) is 1. The number of hydrogen-bond acceptors (Lipinski definition) is 2. The van der Waals surface area contributed by atoms with Crippen molar-refractivity contribution in [3.8, 4) is 0 Å². The predicted molar refractivity (Wildman–Crippen MR) is 35.4 cm³/mol. The van der Waals surface area contributed by atoms with E-state index >= 15 is 0 Å². The Morgan fingerprint density at radius 1 is 1.11 bits per heavy atom. The Morgan fingerprint density at radius 2 is 1.67 bits per heavy atom. The fourth-order valence-corrected chi connectivity index (χ4v) is 1.61. The first-order chi connectivity index (χ1) is 4.45. The summed E-state index contributed by atoms with van der Waals surface area (Å²) in [5.74, 6) is 0. The van der Waals surface area contributed by atoms with Crippen molar-refractivity contribution in [3.05, 3.63) is 0 Å². The molecule has 0 aliphatic carbocycles. The molecule has 52 valence electrons. The highest BCUT2D eigenvalue weighted by molar-refractivity contribution is 4.89.